The van der Waals surface area contributed by atoms with Crippen LogP contribution < -0.4 is 21.9 Å². The molecule has 0 saturated heterocycles. The van der Waals surface area contributed by atoms with E-state index in [-0.39, 0.29) is 23.6 Å². The maximum absolute atomic E-state index is 12.7. The Labute approximate surface area is 187 Å². The molecule has 0 fully saturated rings. The molecule has 0 atom stereocenters. The summed E-state index contributed by atoms with van der Waals surface area (Å²) in [6.45, 7) is -0.272. The van der Waals surface area contributed by atoms with Crippen LogP contribution in [0.5, 0.6) is 0 Å². The summed E-state index contributed by atoms with van der Waals surface area (Å²) >= 11 is 0. The zero-order valence-electron chi connectivity index (χ0n) is 18.0. The van der Waals surface area contributed by atoms with Crippen molar-refractivity contribution in [2.75, 3.05) is 5.32 Å². The van der Waals surface area contributed by atoms with Crippen LogP contribution in [0, 0.1) is 0 Å². The molecule has 0 aliphatic carbocycles. The third-order valence-corrected chi connectivity index (χ3v) is 5.12. The fraction of sp³-hybridized carbons (Fsp3) is 0.182. The Morgan fingerprint density at radius 3 is 2.58 bits per heavy atom. The number of benzene rings is 1. The second kappa shape index (κ2) is 8.91. The number of imidazole rings is 1. The summed E-state index contributed by atoms with van der Waals surface area (Å²) in [7, 11) is 3.14. The van der Waals surface area contributed by atoms with Gasteiger partial charge in [0.25, 0.3) is 11.5 Å². The van der Waals surface area contributed by atoms with Gasteiger partial charge in [0, 0.05) is 44.3 Å². The topological polar surface area (TPSA) is 133 Å². The predicted molar refractivity (Wildman–Crippen MR) is 121 cm³/mol. The molecule has 4 rings (SSSR count). The Morgan fingerprint density at radius 1 is 1.06 bits per heavy atom. The van der Waals surface area contributed by atoms with Crippen LogP contribution in [-0.2, 0) is 32.0 Å². The lowest BCUT2D eigenvalue weighted by Gasteiger charge is -2.10. The number of fused-ring (bicyclic) bond motifs is 1. The predicted octanol–water partition coefficient (Wildman–Crippen LogP) is 0.397. The summed E-state index contributed by atoms with van der Waals surface area (Å²) in [6.07, 6.45) is 4.51. The van der Waals surface area contributed by atoms with E-state index in [2.05, 4.69) is 20.6 Å². The largest absolute Gasteiger partial charge is 0.350 e. The van der Waals surface area contributed by atoms with Crippen molar-refractivity contribution in [1.82, 2.24) is 29.0 Å². The average Bonchev–Trinajstić information content (AvgIpc) is 3.21. The van der Waals surface area contributed by atoms with E-state index in [0.717, 1.165) is 10.1 Å². The molecule has 33 heavy (non-hydrogen) atoms. The lowest BCUT2D eigenvalue weighted by atomic mass is 10.2. The summed E-state index contributed by atoms with van der Waals surface area (Å²) in [5, 5.41) is 5.49. The lowest BCUT2D eigenvalue weighted by molar-refractivity contribution is -0.121. The number of hydrogen-bond donors (Lipinski definition) is 2. The standard InChI is InChI=1S/C22H21N7O4/c1-27-13-25-19-18(27)21(32)29(22(33)28(19)2)12-17(30)24-11-14-4-3-5-16(10-14)26-20(31)15-6-8-23-9-7-15/h3-10,13H,11-12H2,1-2H3,(H,24,30)(H,26,31). The zero-order valence-corrected chi connectivity index (χ0v) is 18.0. The van der Waals surface area contributed by atoms with Gasteiger partial charge in [-0.25, -0.2) is 14.3 Å². The second-order valence-electron chi connectivity index (χ2n) is 7.43. The minimum Gasteiger partial charge on any atom is -0.350 e. The van der Waals surface area contributed by atoms with Gasteiger partial charge < -0.3 is 15.2 Å². The summed E-state index contributed by atoms with van der Waals surface area (Å²) in [5.41, 5.74) is 1.07. The number of aromatic nitrogens is 5. The lowest BCUT2D eigenvalue weighted by Crippen LogP contribution is -2.43. The maximum Gasteiger partial charge on any atom is 0.332 e. The van der Waals surface area contributed by atoms with E-state index in [1.54, 1.807) is 43.4 Å². The van der Waals surface area contributed by atoms with Crippen LogP contribution in [0.3, 0.4) is 0 Å². The highest BCUT2D eigenvalue weighted by Crippen LogP contribution is 2.12. The van der Waals surface area contributed by atoms with Crippen LogP contribution in [0.25, 0.3) is 11.2 Å². The van der Waals surface area contributed by atoms with Gasteiger partial charge in [0.2, 0.25) is 5.91 Å². The highest BCUT2D eigenvalue weighted by molar-refractivity contribution is 6.04. The first-order valence-electron chi connectivity index (χ1n) is 10.0. The molecule has 11 nitrogen and oxygen atoms in total. The molecule has 0 aliphatic heterocycles. The van der Waals surface area contributed by atoms with Crippen molar-refractivity contribution in [3.05, 3.63) is 87.1 Å². The van der Waals surface area contributed by atoms with Gasteiger partial charge in [-0.3, -0.25) is 23.9 Å². The molecule has 1 aromatic carbocycles. The fourth-order valence-corrected chi connectivity index (χ4v) is 3.40. The molecule has 0 saturated carbocycles. The van der Waals surface area contributed by atoms with Crippen LogP contribution in [0.15, 0.2) is 64.7 Å². The summed E-state index contributed by atoms with van der Waals surface area (Å²) in [5.74, 6) is -0.777. The van der Waals surface area contributed by atoms with E-state index in [0.29, 0.717) is 11.3 Å². The van der Waals surface area contributed by atoms with Crippen molar-refractivity contribution >= 4 is 28.7 Å². The number of carbonyl (C=O) groups is 2. The average molecular weight is 447 g/mol. The van der Waals surface area contributed by atoms with Crippen molar-refractivity contribution < 1.29 is 9.59 Å². The van der Waals surface area contributed by atoms with Gasteiger partial charge in [-0.2, -0.15) is 0 Å². The third kappa shape index (κ3) is 4.42. The number of nitrogens with zero attached hydrogens (tertiary/aromatic N) is 5. The first-order chi connectivity index (χ1) is 15.8. The van der Waals surface area contributed by atoms with Gasteiger partial charge in [0.1, 0.15) is 6.54 Å². The second-order valence-corrected chi connectivity index (χ2v) is 7.43. The summed E-state index contributed by atoms with van der Waals surface area (Å²) in [6, 6.07) is 10.2. The van der Waals surface area contributed by atoms with E-state index in [1.165, 1.54) is 34.9 Å². The fourth-order valence-electron chi connectivity index (χ4n) is 3.40. The van der Waals surface area contributed by atoms with Crippen LogP contribution in [-0.4, -0.2) is 35.5 Å². The molecular formula is C22H21N7O4. The Bertz CT molecular complexity index is 1470. The van der Waals surface area contributed by atoms with Crippen molar-refractivity contribution in [1.29, 1.82) is 0 Å². The van der Waals surface area contributed by atoms with E-state index < -0.39 is 23.7 Å². The van der Waals surface area contributed by atoms with Crippen molar-refractivity contribution in [3.8, 4) is 0 Å². The van der Waals surface area contributed by atoms with E-state index in [4.69, 9.17) is 0 Å². The van der Waals surface area contributed by atoms with Gasteiger partial charge in [-0.1, -0.05) is 12.1 Å². The molecule has 168 valence electrons. The number of amides is 2. The Morgan fingerprint density at radius 2 is 1.82 bits per heavy atom. The molecule has 0 spiro atoms. The Balaban J connectivity index is 1.44. The third-order valence-electron chi connectivity index (χ3n) is 5.12. The molecule has 0 bridgehead atoms. The minimum atomic E-state index is -0.623. The number of anilines is 1. The molecular weight excluding hydrogens is 426 g/mol. The maximum atomic E-state index is 12.7. The van der Waals surface area contributed by atoms with Gasteiger partial charge in [-0.05, 0) is 29.8 Å². The van der Waals surface area contributed by atoms with E-state index >= 15 is 0 Å². The molecule has 0 unspecified atom stereocenters. The smallest absolute Gasteiger partial charge is 0.332 e. The van der Waals surface area contributed by atoms with Crippen molar-refractivity contribution in [2.24, 2.45) is 14.1 Å². The van der Waals surface area contributed by atoms with E-state index in [9.17, 15) is 19.2 Å². The van der Waals surface area contributed by atoms with Crippen LogP contribution >= 0.6 is 0 Å². The molecule has 11 heteroatoms. The molecule has 2 N–H and O–H groups in total. The molecule has 0 radical (unpaired) electrons. The Kier molecular flexibility index (Phi) is 5.85. The van der Waals surface area contributed by atoms with Gasteiger partial charge in [0.05, 0.1) is 6.33 Å². The number of hydrogen-bond acceptors (Lipinski definition) is 6. The molecule has 3 aromatic heterocycles. The zero-order chi connectivity index (χ0) is 23.5. The van der Waals surface area contributed by atoms with Gasteiger partial charge in [0.15, 0.2) is 11.2 Å². The molecule has 4 aromatic rings. The monoisotopic (exact) mass is 447 g/mol. The van der Waals surface area contributed by atoms with Crippen LogP contribution in [0.1, 0.15) is 15.9 Å². The van der Waals surface area contributed by atoms with Gasteiger partial charge in [-0.15, -0.1) is 0 Å². The first kappa shape index (κ1) is 21.7. The van der Waals surface area contributed by atoms with Crippen molar-refractivity contribution in [3.63, 3.8) is 0 Å². The SMILES string of the molecule is Cn1cnc2c1c(=O)n(CC(=O)NCc1cccc(NC(=O)c3ccncc3)c1)c(=O)n2C. The normalized spacial score (nSPS) is 10.8. The summed E-state index contributed by atoms with van der Waals surface area (Å²) < 4.78 is 3.63. The van der Waals surface area contributed by atoms with E-state index in [1.807, 2.05) is 0 Å². The molecule has 0 aliphatic rings. The number of pyridine rings is 1. The first-order valence-corrected chi connectivity index (χ1v) is 10.0. The quantitative estimate of drug-likeness (QED) is 0.440. The number of nitrogens with one attached hydrogen (secondary N) is 2. The minimum absolute atomic E-state index is 0.154. The van der Waals surface area contributed by atoms with Gasteiger partial charge >= 0.3 is 5.69 Å². The van der Waals surface area contributed by atoms with Crippen LogP contribution in [0.2, 0.25) is 0 Å². The molecule has 2 amide bonds. The number of aryl methyl sites for hydroxylation is 2. The van der Waals surface area contributed by atoms with Crippen LogP contribution in [0.4, 0.5) is 5.69 Å². The number of rotatable bonds is 6. The molecule has 3 heterocycles. The Hall–Kier alpha value is -4.54. The highest BCUT2D eigenvalue weighted by Gasteiger charge is 2.17. The van der Waals surface area contributed by atoms with Crippen molar-refractivity contribution in [2.45, 2.75) is 13.1 Å². The highest BCUT2D eigenvalue weighted by atomic mass is 16.2. The number of carbonyl (C=O) groups excluding carboxylic acids is 2. The summed E-state index contributed by atoms with van der Waals surface area (Å²) in [4.78, 5) is 58.0.